The van der Waals surface area contributed by atoms with Gasteiger partial charge in [0.05, 0.1) is 19.4 Å². The summed E-state index contributed by atoms with van der Waals surface area (Å²) in [4.78, 5) is 0. The third-order valence-electron chi connectivity index (χ3n) is 6.46. The van der Waals surface area contributed by atoms with E-state index in [4.69, 9.17) is 0 Å². The molecule has 2 fully saturated rings. The highest BCUT2D eigenvalue weighted by atomic mass is 28.3. The summed E-state index contributed by atoms with van der Waals surface area (Å²) in [5.41, 5.74) is 0. The van der Waals surface area contributed by atoms with Crippen molar-refractivity contribution in [2.45, 2.75) is 128 Å². The van der Waals surface area contributed by atoms with Gasteiger partial charge in [-0.1, -0.05) is 73.1 Å². The van der Waals surface area contributed by atoms with E-state index < -0.39 is 0 Å². The molecule has 0 spiro atoms. The molecule has 0 atom stereocenters. The van der Waals surface area contributed by atoms with Crippen molar-refractivity contribution in [2.75, 3.05) is 0 Å². The van der Waals surface area contributed by atoms with Crippen LogP contribution in [0.15, 0.2) is 0 Å². The molecule has 2 nitrogen and oxygen atoms in total. The van der Waals surface area contributed by atoms with Gasteiger partial charge in [-0.25, -0.2) is 0 Å². The van der Waals surface area contributed by atoms with Crippen LogP contribution in [0.4, 0.5) is 0 Å². The van der Waals surface area contributed by atoms with Crippen molar-refractivity contribution < 1.29 is 0 Å². The van der Waals surface area contributed by atoms with Crippen molar-refractivity contribution in [1.29, 1.82) is 0 Å². The van der Waals surface area contributed by atoms with E-state index in [0.29, 0.717) is 0 Å². The number of hydrogen-bond acceptors (Lipinski definition) is 2. The fraction of sp³-hybridized carbons (Fsp3) is 1.00. The highest BCUT2D eigenvalue weighted by Gasteiger charge is 2.28. The molecule has 0 saturated heterocycles. The second-order valence-corrected chi connectivity index (χ2v) is 15.4. The predicted molar refractivity (Wildman–Crippen MR) is 114 cm³/mol. The molecule has 2 rings (SSSR count). The maximum atomic E-state index is 3.01. The van der Waals surface area contributed by atoms with Crippen molar-refractivity contribution in [1.82, 2.24) is 9.13 Å². The molecule has 0 heterocycles. The monoisotopic (exact) mass is 368 g/mol. The molecule has 0 aliphatic heterocycles. The largest absolute Gasteiger partial charge is 0.324 e. The lowest BCUT2D eigenvalue weighted by Crippen LogP contribution is -2.50. The van der Waals surface area contributed by atoms with Crippen molar-refractivity contribution in [3.8, 4) is 0 Å². The first-order valence-electron chi connectivity index (χ1n) is 11.0. The molecule has 0 aromatic carbocycles. The highest BCUT2D eigenvalue weighted by Crippen LogP contribution is 2.27. The van der Waals surface area contributed by atoms with E-state index in [1.54, 1.807) is 0 Å². The van der Waals surface area contributed by atoms with Crippen LogP contribution in [0.25, 0.3) is 0 Å². The van der Waals surface area contributed by atoms with Crippen LogP contribution < -0.4 is 0 Å². The fourth-order valence-corrected chi connectivity index (χ4v) is 11.0. The zero-order chi connectivity index (χ0) is 17.5. The summed E-state index contributed by atoms with van der Waals surface area (Å²) in [5, 5.41) is 1.05. The summed E-state index contributed by atoms with van der Waals surface area (Å²) < 4.78 is 6.02. The zero-order valence-electron chi connectivity index (χ0n) is 17.3. The van der Waals surface area contributed by atoms with Gasteiger partial charge in [-0.05, 0) is 42.9 Å². The van der Waals surface area contributed by atoms with Gasteiger partial charge < -0.3 is 9.13 Å². The summed E-state index contributed by atoms with van der Waals surface area (Å²) in [5.74, 6) is 0. The van der Waals surface area contributed by atoms with Gasteiger partial charge in [-0.3, -0.25) is 0 Å². The minimum Gasteiger partial charge on any atom is -0.324 e. The summed E-state index contributed by atoms with van der Waals surface area (Å²) in [6, 6.07) is 3.42. The first kappa shape index (κ1) is 20.7. The third-order valence-corrected chi connectivity index (χ3v) is 12.6. The van der Waals surface area contributed by atoms with Crippen LogP contribution in [0.3, 0.4) is 0 Å². The van der Waals surface area contributed by atoms with E-state index >= 15 is 0 Å². The molecule has 4 heteroatoms. The van der Waals surface area contributed by atoms with E-state index in [0.717, 1.165) is 29.3 Å². The van der Waals surface area contributed by atoms with Gasteiger partial charge in [0.1, 0.15) is 0 Å². The topological polar surface area (TPSA) is 6.48 Å². The van der Waals surface area contributed by atoms with Crippen molar-refractivity contribution in [2.24, 2.45) is 0 Å². The highest BCUT2D eigenvalue weighted by molar-refractivity contribution is 6.55. The molecule has 0 bridgehead atoms. The number of rotatable bonds is 8. The Hall–Kier alpha value is 0.354. The third kappa shape index (κ3) is 6.26. The molecular weight excluding hydrogens is 324 g/mol. The fourth-order valence-electron chi connectivity index (χ4n) is 5.17. The average Bonchev–Trinajstić information content (AvgIpc) is 2.58. The van der Waals surface area contributed by atoms with Crippen LogP contribution in [0.1, 0.15) is 98.8 Å². The lowest BCUT2D eigenvalue weighted by molar-refractivity contribution is 0.215. The molecule has 2 saturated carbocycles. The van der Waals surface area contributed by atoms with Crippen molar-refractivity contribution in [3.05, 3.63) is 0 Å². The van der Waals surface area contributed by atoms with E-state index in [1.165, 1.54) is 64.2 Å². The van der Waals surface area contributed by atoms with Gasteiger partial charge in [-0.2, -0.15) is 0 Å². The first-order chi connectivity index (χ1) is 11.5. The van der Waals surface area contributed by atoms with Gasteiger partial charge in [0.25, 0.3) is 0 Å². The maximum absolute atomic E-state index is 3.01. The van der Waals surface area contributed by atoms with E-state index in [1.807, 2.05) is 0 Å². The van der Waals surface area contributed by atoms with Crippen LogP contribution in [0, 0.1) is 0 Å². The molecule has 0 unspecified atom stereocenters. The number of nitrogens with zero attached hydrogens (tertiary/aromatic N) is 2. The molecule has 2 aliphatic rings. The van der Waals surface area contributed by atoms with Crippen LogP contribution in [-0.4, -0.2) is 52.7 Å². The minimum absolute atomic E-state index is 0.0996. The number of hydrogen-bond donors (Lipinski definition) is 0. The molecular formula is C20H44N2Si2. The van der Waals surface area contributed by atoms with E-state index in [2.05, 4.69) is 43.7 Å². The van der Waals surface area contributed by atoms with Gasteiger partial charge in [0.15, 0.2) is 0 Å². The van der Waals surface area contributed by atoms with Crippen molar-refractivity contribution >= 4 is 19.4 Å². The molecule has 0 aromatic rings. The van der Waals surface area contributed by atoms with E-state index in [9.17, 15) is 0 Å². The Morgan fingerprint density at radius 1 is 0.583 bits per heavy atom. The smallest absolute Gasteiger partial charge is 0.0966 e. The maximum Gasteiger partial charge on any atom is 0.0966 e. The van der Waals surface area contributed by atoms with Crippen molar-refractivity contribution in [3.63, 3.8) is 0 Å². The Kier molecular flexibility index (Phi) is 9.03. The second-order valence-electron chi connectivity index (χ2n) is 9.27. The van der Waals surface area contributed by atoms with Gasteiger partial charge in [0, 0.05) is 12.1 Å². The summed E-state index contributed by atoms with van der Waals surface area (Å²) in [6.07, 6.45) is 14.8. The lowest BCUT2D eigenvalue weighted by atomic mass is 9.95. The quantitative estimate of drug-likeness (QED) is 0.597. The normalized spacial score (nSPS) is 23.9. The van der Waals surface area contributed by atoms with Gasteiger partial charge in [-0.15, -0.1) is 0 Å². The lowest BCUT2D eigenvalue weighted by Gasteiger charge is -2.42. The minimum atomic E-state index is -0.0996. The molecule has 0 amide bonds. The van der Waals surface area contributed by atoms with Crippen LogP contribution in [0.5, 0.6) is 0 Å². The average molecular weight is 369 g/mol. The summed E-state index contributed by atoms with van der Waals surface area (Å²) in [7, 11) is -0.199. The van der Waals surface area contributed by atoms with Gasteiger partial charge in [0.2, 0.25) is 0 Å². The van der Waals surface area contributed by atoms with Crippen LogP contribution >= 0.6 is 0 Å². The Bertz CT molecular complexity index is 305. The summed E-state index contributed by atoms with van der Waals surface area (Å²) >= 11 is 0. The molecule has 24 heavy (non-hydrogen) atoms. The summed E-state index contributed by atoms with van der Waals surface area (Å²) in [6.45, 7) is 12.4. The van der Waals surface area contributed by atoms with Gasteiger partial charge >= 0.3 is 0 Å². The molecule has 0 radical (unpaired) electrons. The Morgan fingerprint density at radius 3 is 1.21 bits per heavy atom. The SMILES string of the molecule is CC([SiH2]N(C(C)C)C1CCCCC1)[SiH2]N(C(C)C)C1CCCCC1. The van der Waals surface area contributed by atoms with Crippen LogP contribution in [-0.2, 0) is 0 Å². The first-order valence-corrected chi connectivity index (χ1v) is 13.9. The Labute approximate surface area is 156 Å². The Morgan fingerprint density at radius 2 is 0.917 bits per heavy atom. The molecule has 0 N–H and O–H groups in total. The van der Waals surface area contributed by atoms with Crippen LogP contribution in [0.2, 0.25) is 5.16 Å². The predicted octanol–water partition coefficient (Wildman–Crippen LogP) is 4.01. The molecule has 0 aromatic heterocycles. The van der Waals surface area contributed by atoms with E-state index in [-0.39, 0.29) is 19.4 Å². The Balaban J connectivity index is 1.90. The second kappa shape index (κ2) is 10.5. The zero-order valence-corrected chi connectivity index (χ0v) is 20.1. The molecule has 142 valence electrons. The standard InChI is InChI=1S/C20H44N2Si2/c1-16(2)21(19-12-8-6-9-13-19)23-18(5)24-22(17(3)4)20-14-10-7-11-15-20/h16-20H,6-15,23-24H2,1-5H3. The molecule has 2 aliphatic carbocycles.